The van der Waals surface area contributed by atoms with Gasteiger partial charge in [-0.05, 0) is 104 Å². The Morgan fingerprint density at radius 2 is 0.941 bits per heavy atom. The molecule has 6 saturated carbocycles. The lowest BCUT2D eigenvalue weighted by Gasteiger charge is -2.36. The molecule has 0 aliphatic heterocycles. The average molecular weight is 469 g/mol. The maximum Gasteiger partial charge on any atom is -0.0352 e. The summed E-state index contributed by atoms with van der Waals surface area (Å²) in [5.74, 6) is 10.2. The molecule has 0 saturated heterocycles. The SMILES string of the molecule is C1CCC2CCCC2C1.CC(C)(C)CC1CCC(C2CC3CCC(C4CCCCC4)C3C2)CC1. The quantitative estimate of drug-likeness (QED) is 0.386. The van der Waals surface area contributed by atoms with Gasteiger partial charge in [-0.15, -0.1) is 0 Å². The highest BCUT2D eigenvalue weighted by Gasteiger charge is 2.47. The van der Waals surface area contributed by atoms with Crippen LogP contribution in [0, 0.1) is 58.7 Å². The Kier molecular flexibility index (Phi) is 8.74. The van der Waals surface area contributed by atoms with Crippen molar-refractivity contribution in [3.8, 4) is 0 Å². The molecule has 34 heavy (non-hydrogen) atoms. The Bertz CT molecular complexity index is 586. The van der Waals surface area contributed by atoms with Crippen molar-refractivity contribution in [3.05, 3.63) is 0 Å². The van der Waals surface area contributed by atoms with Crippen molar-refractivity contribution < 1.29 is 0 Å². The highest BCUT2D eigenvalue weighted by Crippen LogP contribution is 2.57. The zero-order chi connectivity index (χ0) is 23.5. The van der Waals surface area contributed by atoms with E-state index >= 15 is 0 Å². The summed E-state index contributed by atoms with van der Waals surface area (Å²) < 4.78 is 0. The fourth-order valence-electron chi connectivity index (χ4n) is 10.6. The van der Waals surface area contributed by atoms with Gasteiger partial charge in [0.1, 0.15) is 0 Å². The highest BCUT2D eigenvalue weighted by molar-refractivity contribution is 4.97. The van der Waals surface area contributed by atoms with Crippen LogP contribution in [-0.2, 0) is 0 Å². The van der Waals surface area contributed by atoms with Gasteiger partial charge in [0.25, 0.3) is 0 Å². The zero-order valence-electron chi connectivity index (χ0n) is 23.5. The highest BCUT2D eigenvalue weighted by atomic mass is 14.5. The van der Waals surface area contributed by atoms with Crippen LogP contribution >= 0.6 is 0 Å². The molecule has 6 fully saturated rings. The third kappa shape index (κ3) is 6.46. The van der Waals surface area contributed by atoms with Crippen molar-refractivity contribution >= 4 is 0 Å². The first kappa shape index (κ1) is 25.6. The lowest BCUT2D eigenvalue weighted by atomic mass is 9.70. The Balaban J connectivity index is 0.000000222. The van der Waals surface area contributed by atoms with E-state index in [1.54, 1.807) is 103 Å². The molecule has 0 N–H and O–H groups in total. The molecule has 6 atom stereocenters. The number of hydrogen-bond acceptors (Lipinski definition) is 0. The van der Waals surface area contributed by atoms with Crippen LogP contribution < -0.4 is 0 Å². The largest absolute Gasteiger partial charge is 0.0602 e. The molecule has 6 aliphatic carbocycles. The van der Waals surface area contributed by atoms with E-state index in [-0.39, 0.29) is 0 Å². The topological polar surface area (TPSA) is 0 Å². The van der Waals surface area contributed by atoms with Crippen LogP contribution in [0.3, 0.4) is 0 Å². The van der Waals surface area contributed by atoms with E-state index in [4.69, 9.17) is 0 Å². The third-order valence-electron chi connectivity index (χ3n) is 12.1. The molecule has 0 bridgehead atoms. The Morgan fingerprint density at radius 1 is 0.412 bits per heavy atom. The summed E-state index contributed by atoms with van der Waals surface area (Å²) in [7, 11) is 0. The molecule has 0 heteroatoms. The van der Waals surface area contributed by atoms with Crippen molar-refractivity contribution in [3.63, 3.8) is 0 Å². The lowest BCUT2D eigenvalue weighted by Crippen LogP contribution is -2.25. The fraction of sp³-hybridized carbons (Fsp3) is 1.00. The molecule has 0 spiro atoms. The van der Waals surface area contributed by atoms with Crippen LogP contribution in [0.4, 0.5) is 0 Å². The molecule has 0 radical (unpaired) electrons. The molecule has 0 aromatic rings. The molecular formula is C34H60. The second-order valence-electron chi connectivity index (χ2n) is 15.6. The Hall–Kier alpha value is 0. The minimum Gasteiger partial charge on any atom is -0.0602 e. The molecule has 0 aromatic carbocycles. The molecule has 6 aliphatic rings. The molecule has 0 amide bonds. The summed E-state index contributed by atoms with van der Waals surface area (Å²) in [5, 5.41) is 0. The fourth-order valence-corrected chi connectivity index (χ4v) is 10.6. The smallest absolute Gasteiger partial charge is 0.0352 e. The van der Waals surface area contributed by atoms with E-state index in [9.17, 15) is 0 Å². The van der Waals surface area contributed by atoms with Gasteiger partial charge in [-0.3, -0.25) is 0 Å². The van der Waals surface area contributed by atoms with Crippen molar-refractivity contribution in [2.75, 3.05) is 0 Å². The molecule has 196 valence electrons. The first-order valence-corrected chi connectivity index (χ1v) is 16.5. The van der Waals surface area contributed by atoms with Crippen molar-refractivity contribution in [1.82, 2.24) is 0 Å². The first-order valence-electron chi connectivity index (χ1n) is 16.5. The van der Waals surface area contributed by atoms with Crippen molar-refractivity contribution in [2.45, 2.75) is 156 Å². The standard InChI is InChI=1S/C25H44.C9H16/c1-25(2,3)17-18-9-11-19(12-10-18)22-15-21-13-14-23(24(21)16-22)20-7-5-4-6-8-20;1-2-5-9-7-3-6-8(9)4-1/h18-24H,4-17H2,1-3H3;8-9H,1-7H2. The van der Waals surface area contributed by atoms with Gasteiger partial charge in [0.05, 0.1) is 0 Å². The van der Waals surface area contributed by atoms with Gasteiger partial charge in [-0.25, -0.2) is 0 Å². The van der Waals surface area contributed by atoms with E-state index in [1.807, 2.05) is 0 Å². The maximum atomic E-state index is 2.43. The van der Waals surface area contributed by atoms with E-state index in [2.05, 4.69) is 20.8 Å². The first-order chi connectivity index (χ1) is 16.5. The predicted molar refractivity (Wildman–Crippen MR) is 148 cm³/mol. The summed E-state index contributed by atoms with van der Waals surface area (Å²) in [6, 6.07) is 0. The van der Waals surface area contributed by atoms with Gasteiger partial charge in [0.15, 0.2) is 0 Å². The van der Waals surface area contributed by atoms with Crippen LogP contribution in [0.5, 0.6) is 0 Å². The summed E-state index contributed by atoms with van der Waals surface area (Å²) in [6.07, 6.45) is 32.7. The second-order valence-corrected chi connectivity index (χ2v) is 15.6. The molecule has 0 heterocycles. The summed E-state index contributed by atoms with van der Waals surface area (Å²) >= 11 is 0. The van der Waals surface area contributed by atoms with Crippen LogP contribution in [0.25, 0.3) is 0 Å². The number of rotatable bonds is 3. The van der Waals surface area contributed by atoms with Crippen molar-refractivity contribution in [1.29, 1.82) is 0 Å². The van der Waals surface area contributed by atoms with Crippen molar-refractivity contribution in [2.24, 2.45) is 58.7 Å². The zero-order valence-corrected chi connectivity index (χ0v) is 23.5. The van der Waals surface area contributed by atoms with E-state index < -0.39 is 0 Å². The number of hydrogen-bond donors (Lipinski definition) is 0. The van der Waals surface area contributed by atoms with Gasteiger partial charge in [-0.1, -0.05) is 111 Å². The normalized spacial score (nSPS) is 43.1. The van der Waals surface area contributed by atoms with E-state index in [0.29, 0.717) is 5.41 Å². The molecule has 0 aromatic heterocycles. The molecular weight excluding hydrogens is 408 g/mol. The van der Waals surface area contributed by atoms with Crippen LogP contribution in [0.1, 0.15) is 156 Å². The van der Waals surface area contributed by atoms with E-state index in [1.165, 1.54) is 43.9 Å². The van der Waals surface area contributed by atoms with Crippen LogP contribution in [-0.4, -0.2) is 0 Å². The minimum absolute atomic E-state index is 0.537. The van der Waals surface area contributed by atoms with Gasteiger partial charge >= 0.3 is 0 Å². The van der Waals surface area contributed by atoms with Gasteiger partial charge in [0.2, 0.25) is 0 Å². The summed E-state index contributed by atoms with van der Waals surface area (Å²) in [4.78, 5) is 0. The summed E-state index contributed by atoms with van der Waals surface area (Å²) in [6.45, 7) is 7.30. The maximum absolute atomic E-state index is 2.43. The lowest BCUT2D eigenvalue weighted by molar-refractivity contribution is 0.153. The van der Waals surface area contributed by atoms with Crippen LogP contribution in [0.15, 0.2) is 0 Å². The monoisotopic (exact) mass is 468 g/mol. The van der Waals surface area contributed by atoms with Gasteiger partial charge < -0.3 is 0 Å². The molecule has 6 unspecified atom stereocenters. The predicted octanol–water partition coefficient (Wildman–Crippen LogP) is 10.8. The second kappa shape index (κ2) is 11.6. The molecule has 0 nitrogen and oxygen atoms in total. The van der Waals surface area contributed by atoms with Gasteiger partial charge in [-0.2, -0.15) is 0 Å². The summed E-state index contributed by atoms with van der Waals surface area (Å²) in [5.41, 5.74) is 0.537. The Labute approximate surface area is 214 Å². The minimum atomic E-state index is 0.537. The van der Waals surface area contributed by atoms with E-state index in [0.717, 1.165) is 41.4 Å². The van der Waals surface area contributed by atoms with Crippen LogP contribution in [0.2, 0.25) is 0 Å². The number of fused-ring (bicyclic) bond motifs is 2. The third-order valence-corrected chi connectivity index (χ3v) is 12.1. The average Bonchev–Trinajstić information content (AvgIpc) is 3.55. The van der Waals surface area contributed by atoms with Gasteiger partial charge in [0, 0.05) is 0 Å². The molecule has 6 rings (SSSR count). The Morgan fingerprint density at radius 3 is 1.59 bits per heavy atom.